The Balaban J connectivity index is 1.89. The fourth-order valence-corrected chi connectivity index (χ4v) is 2.01. The molecule has 0 aliphatic rings. The van der Waals surface area contributed by atoms with E-state index in [-0.39, 0.29) is 11.4 Å². The summed E-state index contributed by atoms with van der Waals surface area (Å²) in [4.78, 5) is 14.8. The van der Waals surface area contributed by atoms with Gasteiger partial charge in [-0.05, 0) is 36.4 Å². The largest absolute Gasteiger partial charge is 0.351 e. The number of H-pyrrole nitrogens is 1. The Morgan fingerprint density at radius 2 is 1.67 bits per heavy atom. The molecule has 0 radical (unpaired) electrons. The molecule has 21 heavy (non-hydrogen) atoms. The van der Waals surface area contributed by atoms with E-state index in [9.17, 15) is 18.0 Å². The number of nitrogens with one attached hydrogen (secondary N) is 2. The Morgan fingerprint density at radius 1 is 0.952 bits per heavy atom. The number of halogens is 3. The van der Waals surface area contributed by atoms with Crippen LogP contribution in [0, 0.1) is 17.5 Å². The minimum absolute atomic E-state index is 0.133. The van der Waals surface area contributed by atoms with Crippen LogP contribution in [0.5, 0.6) is 0 Å². The minimum atomic E-state index is -0.870. The summed E-state index contributed by atoms with van der Waals surface area (Å²) in [5.74, 6) is -2.62. The molecule has 0 aliphatic carbocycles. The molecule has 1 amide bonds. The molecule has 0 saturated carbocycles. The third-order valence-corrected chi connectivity index (χ3v) is 3.01. The highest BCUT2D eigenvalue weighted by Gasteiger charge is 2.12. The molecule has 0 atom stereocenters. The molecule has 2 N–H and O–H groups in total. The molecule has 0 saturated heterocycles. The van der Waals surface area contributed by atoms with Crippen LogP contribution < -0.4 is 5.32 Å². The zero-order chi connectivity index (χ0) is 15.0. The quantitative estimate of drug-likeness (QED) is 0.740. The van der Waals surface area contributed by atoms with Crippen LogP contribution in [0.25, 0.3) is 10.9 Å². The van der Waals surface area contributed by atoms with Crippen molar-refractivity contribution >= 4 is 22.5 Å². The van der Waals surface area contributed by atoms with Gasteiger partial charge in [0.15, 0.2) is 0 Å². The van der Waals surface area contributed by atoms with Crippen molar-refractivity contribution in [2.24, 2.45) is 0 Å². The van der Waals surface area contributed by atoms with Crippen LogP contribution in [0.15, 0.2) is 42.5 Å². The number of fused-ring (bicyclic) bond motifs is 1. The number of hydrogen-bond donors (Lipinski definition) is 2. The molecule has 0 fully saturated rings. The summed E-state index contributed by atoms with van der Waals surface area (Å²) in [6, 6.07) is 8.34. The molecule has 6 heteroatoms. The van der Waals surface area contributed by atoms with Crippen molar-refractivity contribution < 1.29 is 18.0 Å². The van der Waals surface area contributed by atoms with E-state index in [1.807, 2.05) is 0 Å². The molecule has 3 rings (SSSR count). The number of benzene rings is 2. The highest BCUT2D eigenvalue weighted by molar-refractivity contribution is 6.05. The summed E-state index contributed by atoms with van der Waals surface area (Å²) in [5.41, 5.74) is 0.603. The first kappa shape index (κ1) is 13.2. The summed E-state index contributed by atoms with van der Waals surface area (Å²) in [5, 5.41) is 2.85. The van der Waals surface area contributed by atoms with Gasteiger partial charge >= 0.3 is 0 Å². The second-order valence-corrected chi connectivity index (χ2v) is 4.49. The van der Waals surface area contributed by atoms with Gasteiger partial charge in [-0.25, -0.2) is 13.2 Å². The number of carbonyl (C=O) groups excluding carboxylic acids is 1. The zero-order valence-electron chi connectivity index (χ0n) is 10.6. The van der Waals surface area contributed by atoms with Gasteiger partial charge in [0.2, 0.25) is 0 Å². The number of hydrogen-bond acceptors (Lipinski definition) is 1. The van der Waals surface area contributed by atoms with Gasteiger partial charge < -0.3 is 10.3 Å². The first-order valence-electron chi connectivity index (χ1n) is 6.07. The Morgan fingerprint density at radius 3 is 2.43 bits per heavy atom. The van der Waals surface area contributed by atoms with E-state index < -0.39 is 23.4 Å². The monoisotopic (exact) mass is 290 g/mol. The fourth-order valence-electron chi connectivity index (χ4n) is 2.01. The molecule has 0 bridgehead atoms. The van der Waals surface area contributed by atoms with Crippen LogP contribution in [0.3, 0.4) is 0 Å². The minimum Gasteiger partial charge on any atom is -0.351 e. The van der Waals surface area contributed by atoms with Crippen LogP contribution in [-0.4, -0.2) is 10.9 Å². The average molecular weight is 290 g/mol. The predicted molar refractivity (Wildman–Crippen MR) is 72.6 cm³/mol. The van der Waals surface area contributed by atoms with Crippen molar-refractivity contribution in [1.82, 2.24) is 4.98 Å². The van der Waals surface area contributed by atoms with Crippen molar-refractivity contribution in [1.29, 1.82) is 0 Å². The highest BCUT2D eigenvalue weighted by Crippen LogP contribution is 2.19. The lowest BCUT2D eigenvalue weighted by Gasteiger charge is -2.04. The average Bonchev–Trinajstić information content (AvgIpc) is 2.85. The lowest BCUT2D eigenvalue weighted by Crippen LogP contribution is -2.13. The van der Waals surface area contributed by atoms with Crippen LogP contribution in [0.1, 0.15) is 10.5 Å². The summed E-state index contributed by atoms with van der Waals surface area (Å²) in [7, 11) is 0. The predicted octanol–water partition coefficient (Wildman–Crippen LogP) is 3.84. The maximum absolute atomic E-state index is 13.5. The molecular formula is C15H9F3N2O. The Hall–Kier alpha value is -2.76. The topological polar surface area (TPSA) is 44.9 Å². The second-order valence-electron chi connectivity index (χ2n) is 4.49. The van der Waals surface area contributed by atoms with Gasteiger partial charge in [0.05, 0.1) is 5.69 Å². The normalized spacial score (nSPS) is 10.8. The number of rotatable bonds is 2. The Kier molecular flexibility index (Phi) is 3.13. The van der Waals surface area contributed by atoms with E-state index >= 15 is 0 Å². The van der Waals surface area contributed by atoms with E-state index in [2.05, 4.69) is 10.3 Å². The molecule has 3 nitrogen and oxygen atoms in total. The number of aromatic amines is 1. The molecule has 1 aromatic heterocycles. The first-order valence-corrected chi connectivity index (χ1v) is 6.07. The van der Waals surface area contributed by atoms with Gasteiger partial charge in [0.25, 0.3) is 5.91 Å². The van der Waals surface area contributed by atoms with Crippen LogP contribution in [0.2, 0.25) is 0 Å². The molecule has 3 aromatic rings. The van der Waals surface area contributed by atoms with Crippen molar-refractivity contribution in [3.8, 4) is 0 Å². The summed E-state index contributed by atoms with van der Waals surface area (Å²) < 4.78 is 39.3. The molecule has 1 heterocycles. The second kappa shape index (κ2) is 4.97. The van der Waals surface area contributed by atoms with Crippen molar-refractivity contribution in [2.75, 3.05) is 5.32 Å². The lowest BCUT2D eigenvalue weighted by molar-refractivity contribution is 0.102. The van der Waals surface area contributed by atoms with Gasteiger partial charge in [0.1, 0.15) is 23.1 Å². The SMILES string of the molecule is O=C(Nc1ccc(F)cc1F)c1cc2cc(F)ccc2[nH]1. The fraction of sp³-hybridized carbons (Fsp3) is 0. The number of amides is 1. The standard InChI is InChI=1S/C15H9F3N2O/c16-9-1-3-12-8(5-9)6-14(19-12)15(21)20-13-4-2-10(17)7-11(13)18/h1-7,19H,(H,20,21). The van der Waals surface area contributed by atoms with Crippen molar-refractivity contribution in [3.63, 3.8) is 0 Å². The van der Waals surface area contributed by atoms with Gasteiger partial charge in [0, 0.05) is 17.0 Å². The van der Waals surface area contributed by atoms with E-state index in [1.165, 1.54) is 24.3 Å². The van der Waals surface area contributed by atoms with E-state index in [1.54, 1.807) is 0 Å². The molecule has 0 unspecified atom stereocenters. The highest BCUT2D eigenvalue weighted by atomic mass is 19.1. The Labute approximate surface area is 117 Å². The van der Waals surface area contributed by atoms with Crippen LogP contribution in [-0.2, 0) is 0 Å². The maximum Gasteiger partial charge on any atom is 0.272 e. The number of aromatic nitrogens is 1. The van der Waals surface area contributed by atoms with Gasteiger partial charge in [-0.3, -0.25) is 4.79 Å². The van der Waals surface area contributed by atoms with E-state index in [4.69, 9.17) is 0 Å². The smallest absolute Gasteiger partial charge is 0.272 e. The van der Waals surface area contributed by atoms with Crippen molar-refractivity contribution in [3.05, 3.63) is 65.6 Å². The molecule has 0 spiro atoms. The third-order valence-electron chi connectivity index (χ3n) is 3.01. The maximum atomic E-state index is 13.5. The first-order chi connectivity index (χ1) is 10.0. The van der Waals surface area contributed by atoms with Crippen LogP contribution in [0.4, 0.5) is 18.9 Å². The summed E-state index contributed by atoms with van der Waals surface area (Å²) in [6.07, 6.45) is 0. The van der Waals surface area contributed by atoms with E-state index in [0.29, 0.717) is 17.0 Å². The van der Waals surface area contributed by atoms with Gasteiger partial charge in [-0.15, -0.1) is 0 Å². The molecule has 106 valence electrons. The molecular weight excluding hydrogens is 281 g/mol. The number of carbonyl (C=O) groups is 1. The van der Waals surface area contributed by atoms with Gasteiger partial charge in [-0.2, -0.15) is 0 Å². The van der Waals surface area contributed by atoms with E-state index in [0.717, 1.165) is 12.1 Å². The van der Waals surface area contributed by atoms with Crippen molar-refractivity contribution in [2.45, 2.75) is 0 Å². The third kappa shape index (κ3) is 2.60. The zero-order valence-corrected chi connectivity index (χ0v) is 10.6. The lowest BCUT2D eigenvalue weighted by atomic mass is 10.2. The Bertz CT molecular complexity index is 842. The summed E-state index contributed by atoms with van der Waals surface area (Å²) in [6.45, 7) is 0. The van der Waals surface area contributed by atoms with Crippen LogP contribution >= 0.6 is 0 Å². The number of anilines is 1. The summed E-state index contributed by atoms with van der Waals surface area (Å²) >= 11 is 0. The molecule has 2 aromatic carbocycles. The van der Waals surface area contributed by atoms with Gasteiger partial charge in [-0.1, -0.05) is 0 Å². The molecule has 0 aliphatic heterocycles.